The van der Waals surface area contributed by atoms with Crippen molar-refractivity contribution < 1.29 is 9.90 Å². The average molecular weight is 237 g/mol. The summed E-state index contributed by atoms with van der Waals surface area (Å²) in [6, 6.07) is 0. The van der Waals surface area contributed by atoms with E-state index in [1.165, 1.54) is 11.3 Å². The number of thiazole rings is 1. The van der Waals surface area contributed by atoms with E-state index in [1.807, 2.05) is 0 Å². The second kappa shape index (κ2) is 6.75. The lowest BCUT2D eigenvalue weighted by Gasteiger charge is -1.91. The Morgan fingerprint density at radius 1 is 1.64 bits per heavy atom. The van der Waals surface area contributed by atoms with Gasteiger partial charge in [0.15, 0.2) is 0 Å². The van der Waals surface area contributed by atoms with Crippen LogP contribution in [0.25, 0.3) is 0 Å². The number of aromatic nitrogens is 1. The molecule has 1 rings (SSSR count). The molecule has 6 heteroatoms. The number of nitrogens with zero attached hydrogens (tertiary/aromatic N) is 1. The molecule has 3 N–H and O–H groups in total. The van der Waals surface area contributed by atoms with E-state index in [2.05, 4.69) is 4.98 Å². The Hall–Kier alpha value is -0.650. The third-order valence-electron chi connectivity index (χ3n) is 1.53. The fourth-order valence-corrected chi connectivity index (χ4v) is 1.79. The Morgan fingerprint density at radius 3 is 2.93 bits per heavy atom. The van der Waals surface area contributed by atoms with Crippen LogP contribution in [0.3, 0.4) is 0 Å². The molecule has 0 unspecified atom stereocenters. The molecule has 0 amide bonds. The Labute approximate surface area is 92.6 Å². The lowest BCUT2D eigenvalue weighted by atomic mass is 10.3. The van der Waals surface area contributed by atoms with Gasteiger partial charge in [-0.3, -0.25) is 4.79 Å². The van der Waals surface area contributed by atoms with Crippen LogP contribution in [0.2, 0.25) is 0 Å². The van der Waals surface area contributed by atoms with Gasteiger partial charge >= 0.3 is 5.97 Å². The summed E-state index contributed by atoms with van der Waals surface area (Å²) in [6.07, 6.45) is 1.76. The first kappa shape index (κ1) is 13.4. The Morgan fingerprint density at radius 2 is 2.36 bits per heavy atom. The smallest absolute Gasteiger partial charge is 0.309 e. The van der Waals surface area contributed by atoms with Crippen LogP contribution in [-0.2, 0) is 17.6 Å². The summed E-state index contributed by atoms with van der Waals surface area (Å²) < 4.78 is 0. The van der Waals surface area contributed by atoms with Crippen LogP contribution in [0, 0.1) is 0 Å². The van der Waals surface area contributed by atoms with Gasteiger partial charge in [0.25, 0.3) is 0 Å². The summed E-state index contributed by atoms with van der Waals surface area (Å²) in [5.74, 6) is -0.837. The molecular weight excluding hydrogens is 224 g/mol. The molecule has 4 nitrogen and oxygen atoms in total. The van der Waals surface area contributed by atoms with E-state index in [9.17, 15) is 4.79 Å². The first-order valence-electron chi connectivity index (χ1n) is 4.07. The Balaban J connectivity index is 0.00000169. The highest BCUT2D eigenvalue weighted by atomic mass is 35.5. The van der Waals surface area contributed by atoms with Crippen LogP contribution in [0.15, 0.2) is 5.38 Å². The van der Waals surface area contributed by atoms with Crippen molar-refractivity contribution >= 4 is 29.7 Å². The number of hydrogen-bond donors (Lipinski definition) is 2. The zero-order valence-corrected chi connectivity index (χ0v) is 9.24. The molecule has 0 radical (unpaired) electrons. The Kier molecular flexibility index (Phi) is 6.44. The van der Waals surface area contributed by atoms with E-state index in [4.69, 9.17) is 10.8 Å². The van der Waals surface area contributed by atoms with E-state index in [1.54, 1.807) is 5.38 Å². The van der Waals surface area contributed by atoms with Gasteiger partial charge in [0.05, 0.1) is 17.1 Å². The molecule has 0 aromatic carbocycles. The van der Waals surface area contributed by atoms with E-state index in [-0.39, 0.29) is 18.8 Å². The molecule has 0 atom stereocenters. The number of halogens is 1. The molecule has 80 valence electrons. The maximum atomic E-state index is 10.3. The SMILES string of the molecule is Cl.NCCCc1nc(CC(=O)O)cs1. The van der Waals surface area contributed by atoms with Gasteiger partial charge in [0.1, 0.15) is 0 Å². The standard InChI is InChI=1S/C8H12N2O2S.ClH/c9-3-1-2-7-10-6(5-13-7)4-8(11)12;/h5H,1-4,9H2,(H,11,12);1H. The van der Waals surface area contributed by atoms with Gasteiger partial charge < -0.3 is 10.8 Å². The van der Waals surface area contributed by atoms with Crippen molar-refractivity contribution in [3.8, 4) is 0 Å². The fraction of sp³-hybridized carbons (Fsp3) is 0.500. The molecule has 0 bridgehead atoms. The molecule has 0 saturated carbocycles. The first-order chi connectivity index (χ1) is 6.22. The highest BCUT2D eigenvalue weighted by molar-refractivity contribution is 7.09. The second-order valence-corrected chi connectivity index (χ2v) is 3.64. The predicted molar refractivity (Wildman–Crippen MR) is 58.1 cm³/mol. The maximum Gasteiger partial charge on any atom is 0.309 e. The zero-order chi connectivity index (χ0) is 9.68. The average Bonchev–Trinajstić information content (AvgIpc) is 2.48. The minimum atomic E-state index is -0.837. The minimum Gasteiger partial charge on any atom is -0.481 e. The maximum absolute atomic E-state index is 10.3. The van der Waals surface area contributed by atoms with Crippen molar-refractivity contribution in [1.29, 1.82) is 0 Å². The van der Waals surface area contributed by atoms with Crippen molar-refractivity contribution in [2.24, 2.45) is 5.73 Å². The van der Waals surface area contributed by atoms with Gasteiger partial charge in [0.2, 0.25) is 0 Å². The number of hydrogen-bond acceptors (Lipinski definition) is 4. The summed E-state index contributed by atoms with van der Waals surface area (Å²) in [5.41, 5.74) is 5.99. The predicted octanol–water partition coefficient (Wildman–Crippen LogP) is 1.08. The number of carbonyl (C=O) groups is 1. The van der Waals surface area contributed by atoms with Crippen LogP contribution in [0.5, 0.6) is 0 Å². The third kappa shape index (κ3) is 4.55. The number of aliphatic carboxylic acids is 1. The molecular formula is C8H13ClN2O2S. The van der Waals surface area contributed by atoms with E-state index in [0.29, 0.717) is 12.2 Å². The largest absolute Gasteiger partial charge is 0.481 e. The Bertz CT molecular complexity index is 291. The molecule has 0 aliphatic heterocycles. The molecule has 0 aliphatic carbocycles. The monoisotopic (exact) mass is 236 g/mol. The summed E-state index contributed by atoms with van der Waals surface area (Å²) in [5, 5.41) is 11.3. The van der Waals surface area contributed by atoms with Gasteiger partial charge in [-0.25, -0.2) is 4.98 Å². The summed E-state index contributed by atoms with van der Waals surface area (Å²) in [6.45, 7) is 0.647. The van der Waals surface area contributed by atoms with Crippen molar-refractivity contribution in [2.75, 3.05) is 6.54 Å². The van der Waals surface area contributed by atoms with Crippen molar-refractivity contribution in [3.63, 3.8) is 0 Å². The van der Waals surface area contributed by atoms with Crippen LogP contribution < -0.4 is 5.73 Å². The molecule has 1 aromatic rings. The van der Waals surface area contributed by atoms with E-state index in [0.717, 1.165) is 17.8 Å². The van der Waals surface area contributed by atoms with Gasteiger partial charge in [-0.2, -0.15) is 0 Å². The number of carboxylic acid groups (broad SMARTS) is 1. The number of carboxylic acids is 1. The van der Waals surface area contributed by atoms with Gasteiger partial charge in [-0.05, 0) is 13.0 Å². The lowest BCUT2D eigenvalue weighted by molar-refractivity contribution is -0.136. The fourth-order valence-electron chi connectivity index (χ4n) is 0.953. The van der Waals surface area contributed by atoms with Crippen molar-refractivity contribution in [2.45, 2.75) is 19.3 Å². The molecule has 14 heavy (non-hydrogen) atoms. The van der Waals surface area contributed by atoms with Crippen LogP contribution in [-0.4, -0.2) is 22.6 Å². The van der Waals surface area contributed by atoms with Crippen LogP contribution in [0.4, 0.5) is 0 Å². The molecule has 0 saturated heterocycles. The molecule has 0 aliphatic rings. The van der Waals surface area contributed by atoms with Crippen molar-refractivity contribution in [1.82, 2.24) is 4.98 Å². The quantitative estimate of drug-likeness (QED) is 0.802. The number of nitrogens with two attached hydrogens (primary N) is 1. The number of aryl methyl sites for hydroxylation is 1. The highest BCUT2D eigenvalue weighted by Gasteiger charge is 2.05. The van der Waals surface area contributed by atoms with E-state index < -0.39 is 5.97 Å². The third-order valence-corrected chi connectivity index (χ3v) is 2.48. The molecule has 0 fully saturated rings. The molecule has 0 spiro atoms. The van der Waals surface area contributed by atoms with Crippen molar-refractivity contribution in [3.05, 3.63) is 16.1 Å². The van der Waals surface area contributed by atoms with Gasteiger partial charge in [0, 0.05) is 11.8 Å². The van der Waals surface area contributed by atoms with Gasteiger partial charge in [-0.15, -0.1) is 23.7 Å². The first-order valence-corrected chi connectivity index (χ1v) is 4.95. The second-order valence-electron chi connectivity index (χ2n) is 2.70. The normalized spacial score (nSPS) is 9.50. The van der Waals surface area contributed by atoms with E-state index >= 15 is 0 Å². The zero-order valence-electron chi connectivity index (χ0n) is 7.60. The number of rotatable bonds is 5. The van der Waals surface area contributed by atoms with Crippen LogP contribution in [0.1, 0.15) is 17.1 Å². The minimum absolute atomic E-state index is 0. The topological polar surface area (TPSA) is 76.2 Å². The lowest BCUT2D eigenvalue weighted by Crippen LogP contribution is -2.02. The molecule has 1 heterocycles. The summed E-state index contributed by atoms with van der Waals surface area (Å²) in [7, 11) is 0. The summed E-state index contributed by atoms with van der Waals surface area (Å²) >= 11 is 1.50. The van der Waals surface area contributed by atoms with Crippen LogP contribution >= 0.6 is 23.7 Å². The molecule has 1 aromatic heterocycles. The summed E-state index contributed by atoms with van der Waals surface area (Å²) in [4.78, 5) is 14.5. The highest BCUT2D eigenvalue weighted by Crippen LogP contribution is 2.11. The van der Waals surface area contributed by atoms with Gasteiger partial charge in [-0.1, -0.05) is 0 Å².